The van der Waals surface area contributed by atoms with Crippen molar-refractivity contribution >= 4 is 17.8 Å². The molecule has 0 radical (unpaired) electrons. The van der Waals surface area contributed by atoms with Gasteiger partial charge in [0.15, 0.2) is 0 Å². The third-order valence-corrected chi connectivity index (χ3v) is 4.07. The minimum atomic E-state index is -0.513. The third kappa shape index (κ3) is 8.10. The molecule has 0 aromatic carbocycles. The molecule has 7 heteroatoms. The molecule has 0 unspecified atom stereocenters. The molecule has 24 heavy (non-hydrogen) atoms. The van der Waals surface area contributed by atoms with Crippen molar-refractivity contribution in [2.45, 2.75) is 39.0 Å². The summed E-state index contributed by atoms with van der Waals surface area (Å²) in [6.07, 6.45) is 6.33. The molecule has 1 aliphatic rings. The van der Waals surface area contributed by atoms with E-state index in [0.29, 0.717) is 19.6 Å². The number of amides is 4. The standard InChI is InChI=1S/C17H30N4O3/c1-3-5-6-10-18-16(23)14-7-11-21(12-8-14)13-15(22)20-17(24)19-9-4-2/h4,14H,2-3,5-13H2,1H3,(H,18,23)(H2,19,20,22,24). The Balaban J connectivity index is 2.20. The Morgan fingerprint density at radius 3 is 2.50 bits per heavy atom. The molecule has 1 saturated heterocycles. The van der Waals surface area contributed by atoms with Crippen molar-refractivity contribution in [1.82, 2.24) is 20.9 Å². The van der Waals surface area contributed by atoms with Crippen molar-refractivity contribution in [3.05, 3.63) is 12.7 Å². The van der Waals surface area contributed by atoms with Crippen LogP contribution in [0, 0.1) is 5.92 Å². The van der Waals surface area contributed by atoms with Crippen molar-refractivity contribution in [2.24, 2.45) is 5.92 Å². The Morgan fingerprint density at radius 2 is 1.88 bits per heavy atom. The first-order chi connectivity index (χ1) is 11.6. The number of piperidine rings is 1. The SMILES string of the molecule is C=CCNC(=O)NC(=O)CN1CCC(C(=O)NCCCCC)CC1. The smallest absolute Gasteiger partial charge is 0.321 e. The van der Waals surface area contributed by atoms with Crippen molar-refractivity contribution in [3.63, 3.8) is 0 Å². The highest BCUT2D eigenvalue weighted by atomic mass is 16.2. The Morgan fingerprint density at radius 1 is 1.17 bits per heavy atom. The summed E-state index contributed by atoms with van der Waals surface area (Å²) in [5, 5.41) is 7.76. The molecule has 136 valence electrons. The average Bonchev–Trinajstić information content (AvgIpc) is 2.57. The van der Waals surface area contributed by atoms with Crippen molar-refractivity contribution in [3.8, 4) is 0 Å². The molecule has 0 aliphatic carbocycles. The van der Waals surface area contributed by atoms with Crippen LogP contribution in [0.5, 0.6) is 0 Å². The fourth-order valence-electron chi connectivity index (χ4n) is 2.66. The van der Waals surface area contributed by atoms with Crippen LogP contribution in [0.4, 0.5) is 4.79 Å². The van der Waals surface area contributed by atoms with E-state index in [1.807, 2.05) is 4.90 Å². The Bertz CT molecular complexity index is 432. The predicted molar refractivity (Wildman–Crippen MR) is 93.4 cm³/mol. The summed E-state index contributed by atoms with van der Waals surface area (Å²) in [6.45, 7) is 8.24. The Kier molecular flexibility index (Phi) is 9.76. The maximum atomic E-state index is 12.1. The average molecular weight is 338 g/mol. The second-order valence-electron chi connectivity index (χ2n) is 6.10. The third-order valence-electron chi connectivity index (χ3n) is 4.07. The van der Waals surface area contributed by atoms with Crippen molar-refractivity contribution in [1.29, 1.82) is 0 Å². The van der Waals surface area contributed by atoms with Gasteiger partial charge in [0, 0.05) is 19.0 Å². The van der Waals surface area contributed by atoms with E-state index in [1.165, 1.54) is 0 Å². The highest BCUT2D eigenvalue weighted by Gasteiger charge is 2.25. The summed E-state index contributed by atoms with van der Waals surface area (Å²) in [5.74, 6) is -0.181. The second-order valence-corrected chi connectivity index (χ2v) is 6.10. The maximum Gasteiger partial charge on any atom is 0.321 e. The number of rotatable bonds is 9. The number of nitrogens with one attached hydrogen (secondary N) is 3. The summed E-state index contributed by atoms with van der Waals surface area (Å²) in [6, 6.07) is -0.513. The lowest BCUT2D eigenvalue weighted by Crippen LogP contribution is -2.47. The summed E-state index contributed by atoms with van der Waals surface area (Å²) in [7, 11) is 0. The van der Waals surface area contributed by atoms with Crippen LogP contribution >= 0.6 is 0 Å². The van der Waals surface area contributed by atoms with Gasteiger partial charge in [-0.3, -0.25) is 19.8 Å². The lowest BCUT2D eigenvalue weighted by molar-refractivity contribution is -0.126. The molecular weight excluding hydrogens is 308 g/mol. The predicted octanol–water partition coefficient (Wildman–Crippen LogP) is 1.02. The molecule has 1 aliphatic heterocycles. The van der Waals surface area contributed by atoms with Gasteiger partial charge in [0.25, 0.3) is 0 Å². The van der Waals surface area contributed by atoms with Crippen LogP contribution in [0.1, 0.15) is 39.0 Å². The van der Waals surface area contributed by atoms with Gasteiger partial charge in [-0.25, -0.2) is 4.79 Å². The zero-order valence-electron chi connectivity index (χ0n) is 14.6. The van der Waals surface area contributed by atoms with Gasteiger partial charge in [-0.05, 0) is 32.4 Å². The number of nitrogens with zero attached hydrogens (tertiary/aromatic N) is 1. The van der Waals surface area contributed by atoms with Gasteiger partial charge in [-0.15, -0.1) is 6.58 Å². The molecule has 0 aromatic rings. The van der Waals surface area contributed by atoms with E-state index in [9.17, 15) is 14.4 Å². The zero-order valence-corrected chi connectivity index (χ0v) is 14.6. The topological polar surface area (TPSA) is 90.5 Å². The summed E-state index contributed by atoms with van der Waals surface area (Å²) < 4.78 is 0. The van der Waals surface area contributed by atoms with Gasteiger partial charge in [-0.1, -0.05) is 25.8 Å². The molecule has 0 aromatic heterocycles. The van der Waals surface area contributed by atoms with Gasteiger partial charge in [0.05, 0.1) is 6.54 Å². The quantitative estimate of drug-likeness (QED) is 0.432. The molecule has 1 heterocycles. The van der Waals surface area contributed by atoms with E-state index in [4.69, 9.17) is 0 Å². The van der Waals surface area contributed by atoms with Gasteiger partial charge in [0.2, 0.25) is 11.8 Å². The van der Waals surface area contributed by atoms with Crippen LogP contribution in [-0.2, 0) is 9.59 Å². The van der Waals surface area contributed by atoms with E-state index < -0.39 is 6.03 Å². The van der Waals surface area contributed by atoms with E-state index in [2.05, 4.69) is 29.5 Å². The van der Waals surface area contributed by atoms with Crippen LogP contribution in [0.25, 0.3) is 0 Å². The molecule has 1 rings (SSSR count). The van der Waals surface area contributed by atoms with E-state index in [1.54, 1.807) is 6.08 Å². The minimum Gasteiger partial charge on any atom is -0.356 e. The van der Waals surface area contributed by atoms with Crippen LogP contribution in [-0.4, -0.2) is 55.5 Å². The monoisotopic (exact) mass is 338 g/mol. The fourth-order valence-corrected chi connectivity index (χ4v) is 2.66. The highest BCUT2D eigenvalue weighted by molar-refractivity contribution is 5.95. The Labute approximate surface area is 144 Å². The maximum absolute atomic E-state index is 12.1. The van der Waals surface area contributed by atoms with E-state index in [-0.39, 0.29) is 24.3 Å². The number of hydrogen-bond donors (Lipinski definition) is 3. The largest absolute Gasteiger partial charge is 0.356 e. The molecule has 3 N–H and O–H groups in total. The normalized spacial score (nSPS) is 15.5. The van der Waals surface area contributed by atoms with Crippen LogP contribution in [0.3, 0.4) is 0 Å². The lowest BCUT2D eigenvalue weighted by Gasteiger charge is -2.30. The second kappa shape index (κ2) is 11.6. The van der Waals surface area contributed by atoms with E-state index >= 15 is 0 Å². The summed E-state index contributed by atoms with van der Waals surface area (Å²) in [4.78, 5) is 37.2. The number of unbranched alkanes of at least 4 members (excludes halogenated alkanes) is 2. The lowest BCUT2D eigenvalue weighted by atomic mass is 9.96. The zero-order chi connectivity index (χ0) is 17.8. The minimum absolute atomic E-state index is 0.0295. The van der Waals surface area contributed by atoms with Gasteiger partial charge in [-0.2, -0.15) is 0 Å². The Hall–Kier alpha value is -1.89. The molecule has 0 saturated carbocycles. The first-order valence-corrected chi connectivity index (χ1v) is 8.75. The van der Waals surface area contributed by atoms with Crippen LogP contribution in [0.2, 0.25) is 0 Å². The summed E-state index contributed by atoms with van der Waals surface area (Å²) in [5.41, 5.74) is 0. The van der Waals surface area contributed by atoms with Gasteiger partial charge < -0.3 is 10.6 Å². The number of hydrogen-bond acceptors (Lipinski definition) is 4. The van der Waals surface area contributed by atoms with Gasteiger partial charge >= 0.3 is 6.03 Å². The molecule has 1 fully saturated rings. The highest BCUT2D eigenvalue weighted by Crippen LogP contribution is 2.17. The van der Waals surface area contributed by atoms with Crippen molar-refractivity contribution in [2.75, 3.05) is 32.7 Å². The first kappa shape index (κ1) is 20.2. The molecule has 0 spiro atoms. The van der Waals surface area contributed by atoms with Crippen LogP contribution < -0.4 is 16.0 Å². The number of carbonyl (C=O) groups excluding carboxylic acids is 3. The van der Waals surface area contributed by atoms with E-state index in [0.717, 1.165) is 38.6 Å². The number of carbonyl (C=O) groups is 3. The summed E-state index contributed by atoms with van der Waals surface area (Å²) >= 11 is 0. The molecular formula is C17H30N4O3. The number of urea groups is 1. The van der Waals surface area contributed by atoms with Gasteiger partial charge in [0.1, 0.15) is 0 Å². The fraction of sp³-hybridized carbons (Fsp3) is 0.706. The van der Waals surface area contributed by atoms with Crippen LogP contribution in [0.15, 0.2) is 12.7 Å². The molecule has 0 atom stereocenters. The number of imide groups is 1. The molecule has 4 amide bonds. The van der Waals surface area contributed by atoms with Crippen molar-refractivity contribution < 1.29 is 14.4 Å². The first-order valence-electron chi connectivity index (χ1n) is 8.75. The number of likely N-dealkylation sites (tertiary alicyclic amines) is 1. The molecule has 0 bridgehead atoms. The molecule has 7 nitrogen and oxygen atoms in total.